The number of likely N-dealkylation sites (N-methyl/N-ethyl adjacent to an activating group) is 1. The van der Waals surface area contributed by atoms with E-state index in [2.05, 4.69) is 0 Å². The van der Waals surface area contributed by atoms with Gasteiger partial charge in [-0.2, -0.15) is 0 Å². The minimum Gasteiger partial charge on any atom is -0.410 e. The van der Waals surface area contributed by atoms with Crippen molar-refractivity contribution >= 4 is 23.4 Å². The van der Waals surface area contributed by atoms with E-state index in [0.717, 1.165) is 29.7 Å². The molecule has 2 aromatic rings. The van der Waals surface area contributed by atoms with Gasteiger partial charge in [0.05, 0.1) is 10.6 Å². The Hall–Kier alpha value is -3.46. The summed E-state index contributed by atoms with van der Waals surface area (Å²) in [5.74, 6) is -0.127. The molecule has 2 aliphatic rings. The Kier molecular flexibility index (Phi) is 4.67. The van der Waals surface area contributed by atoms with Crippen molar-refractivity contribution < 1.29 is 19.2 Å². The lowest BCUT2D eigenvalue weighted by Gasteiger charge is -2.32. The predicted molar refractivity (Wildman–Crippen MR) is 105 cm³/mol. The van der Waals surface area contributed by atoms with Crippen LogP contribution in [0.25, 0.3) is 0 Å². The lowest BCUT2D eigenvalue weighted by Crippen LogP contribution is -2.40. The zero-order chi connectivity index (χ0) is 20.7. The molecule has 0 saturated heterocycles. The number of amides is 2. The molecule has 2 heterocycles. The van der Waals surface area contributed by atoms with Crippen molar-refractivity contribution in [3.63, 3.8) is 0 Å². The second kappa shape index (κ2) is 7.17. The molecule has 29 heavy (non-hydrogen) atoms. The fourth-order valence-electron chi connectivity index (χ4n) is 4.00. The monoisotopic (exact) mass is 396 g/mol. The van der Waals surface area contributed by atoms with Gasteiger partial charge in [0.25, 0.3) is 5.69 Å². The van der Waals surface area contributed by atoms with Gasteiger partial charge >= 0.3 is 6.09 Å². The summed E-state index contributed by atoms with van der Waals surface area (Å²) in [6, 6.07) is 9.09. The Bertz CT molecular complexity index is 1020. The lowest BCUT2D eigenvalue weighted by atomic mass is 9.92. The highest BCUT2D eigenvalue weighted by Crippen LogP contribution is 2.34. The van der Waals surface area contributed by atoms with Gasteiger partial charge in [0.1, 0.15) is 11.8 Å². The van der Waals surface area contributed by atoms with E-state index in [4.69, 9.17) is 10.5 Å². The van der Waals surface area contributed by atoms with E-state index < -0.39 is 23.0 Å². The first-order chi connectivity index (χ1) is 13.8. The number of anilines is 1. The van der Waals surface area contributed by atoms with Crippen LogP contribution in [0.5, 0.6) is 5.75 Å². The number of nitro groups is 1. The van der Waals surface area contributed by atoms with E-state index in [0.29, 0.717) is 24.4 Å². The second-order valence-electron chi connectivity index (χ2n) is 7.24. The minimum absolute atomic E-state index is 0.00438. The van der Waals surface area contributed by atoms with E-state index >= 15 is 0 Å². The summed E-state index contributed by atoms with van der Waals surface area (Å²) in [6.07, 6.45) is 0.727. The number of nitrogens with two attached hydrogens (primary N) is 1. The summed E-state index contributed by atoms with van der Waals surface area (Å²) in [6.45, 7) is 1.10. The zero-order valence-electron chi connectivity index (χ0n) is 15.8. The number of hydrogen-bond donors (Lipinski definition) is 1. The van der Waals surface area contributed by atoms with Crippen LogP contribution in [0.15, 0.2) is 36.4 Å². The molecule has 2 aromatic carbocycles. The molecule has 2 amide bonds. The van der Waals surface area contributed by atoms with E-state index in [1.807, 2.05) is 18.0 Å². The number of hydrogen-bond acceptors (Lipinski definition) is 6. The Morgan fingerprint density at radius 1 is 1.14 bits per heavy atom. The largest absolute Gasteiger partial charge is 0.419 e. The smallest absolute Gasteiger partial charge is 0.410 e. The maximum absolute atomic E-state index is 12.7. The highest BCUT2D eigenvalue weighted by molar-refractivity contribution is 5.92. The van der Waals surface area contributed by atoms with E-state index in [9.17, 15) is 19.7 Å². The normalized spacial score (nSPS) is 18.1. The van der Waals surface area contributed by atoms with Crippen molar-refractivity contribution in [3.8, 4) is 5.75 Å². The summed E-state index contributed by atoms with van der Waals surface area (Å²) in [5.41, 5.74) is 8.65. The van der Waals surface area contributed by atoms with Gasteiger partial charge in [0, 0.05) is 25.2 Å². The van der Waals surface area contributed by atoms with Crippen LogP contribution in [0.1, 0.15) is 22.7 Å². The molecule has 9 nitrogen and oxygen atoms in total. The van der Waals surface area contributed by atoms with E-state index in [-0.39, 0.29) is 5.69 Å². The van der Waals surface area contributed by atoms with Gasteiger partial charge in [0.15, 0.2) is 0 Å². The summed E-state index contributed by atoms with van der Waals surface area (Å²) in [5, 5.41) is 10.9. The van der Waals surface area contributed by atoms with Crippen LogP contribution >= 0.6 is 0 Å². The van der Waals surface area contributed by atoms with Gasteiger partial charge in [-0.05, 0) is 54.8 Å². The highest BCUT2D eigenvalue weighted by Gasteiger charge is 2.31. The Morgan fingerprint density at radius 2 is 1.90 bits per heavy atom. The molecule has 0 aromatic heterocycles. The van der Waals surface area contributed by atoms with E-state index in [1.165, 1.54) is 17.0 Å². The number of nitrogens with zero attached hydrogens (tertiary/aromatic N) is 3. The van der Waals surface area contributed by atoms with Crippen LogP contribution in [0.2, 0.25) is 0 Å². The molecule has 0 fully saturated rings. The molecule has 0 spiro atoms. The maximum Gasteiger partial charge on any atom is 0.419 e. The highest BCUT2D eigenvalue weighted by atomic mass is 16.6. The van der Waals surface area contributed by atoms with Gasteiger partial charge in [-0.3, -0.25) is 24.7 Å². The molecule has 0 bridgehead atoms. The number of rotatable bonds is 3. The molecule has 0 saturated carbocycles. The predicted octanol–water partition coefficient (Wildman–Crippen LogP) is 2.17. The molecule has 4 rings (SSSR count). The summed E-state index contributed by atoms with van der Waals surface area (Å²) in [7, 11) is 1.83. The van der Waals surface area contributed by atoms with Crippen molar-refractivity contribution in [2.45, 2.75) is 18.9 Å². The molecule has 0 aliphatic carbocycles. The summed E-state index contributed by atoms with van der Waals surface area (Å²) < 4.78 is 5.54. The Labute approximate surface area is 166 Å². The molecule has 9 heteroatoms. The summed E-state index contributed by atoms with van der Waals surface area (Å²) >= 11 is 0. The fraction of sp³-hybridized carbons (Fsp3) is 0.300. The number of carbonyl (C=O) groups is 2. The third-order valence-corrected chi connectivity index (χ3v) is 5.45. The number of fused-ring (bicyclic) bond motifs is 2. The average Bonchev–Trinajstić information content (AvgIpc) is 3.10. The standard InChI is InChI=1S/C20H20N4O5/c1-22-8-6-12-2-4-15(11-16(12)18(22)19(21)25)29-20(26)23-9-7-13-10-14(24(27)28)3-5-17(13)23/h2-5,10-11,18H,6-9H2,1H3,(H2,21,25). The lowest BCUT2D eigenvalue weighted by molar-refractivity contribution is -0.384. The quantitative estimate of drug-likeness (QED) is 0.627. The number of carbonyl (C=O) groups excluding carboxylic acids is 2. The summed E-state index contributed by atoms with van der Waals surface area (Å²) in [4.78, 5) is 38.4. The van der Waals surface area contributed by atoms with Crippen LogP contribution in [-0.4, -0.2) is 42.0 Å². The zero-order valence-corrected chi connectivity index (χ0v) is 15.8. The van der Waals surface area contributed by atoms with Gasteiger partial charge in [-0.1, -0.05) is 6.07 Å². The molecule has 0 radical (unpaired) electrons. The first-order valence-electron chi connectivity index (χ1n) is 9.24. The fourth-order valence-corrected chi connectivity index (χ4v) is 4.00. The van der Waals surface area contributed by atoms with Crippen LogP contribution in [0.4, 0.5) is 16.2 Å². The maximum atomic E-state index is 12.7. The van der Waals surface area contributed by atoms with Crippen molar-refractivity contribution in [2.75, 3.05) is 25.0 Å². The first-order valence-corrected chi connectivity index (χ1v) is 9.24. The van der Waals surface area contributed by atoms with Gasteiger partial charge in [0.2, 0.25) is 5.91 Å². The number of ether oxygens (including phenoxy) is 1. The molecular formula is C20H20N4O5. The third kappa shape index (κ3) is 3.40. The Balaban J connectivity index is 1.56. The molecule has 2 aliphatic heterocycles. The van der Waals surface area contributed by atoms with Gasteiger partial charge in [-0.25, -0.2) is 4.79 Å². The molecular weight excluding hydrogens is 376 g/mol. The first kappa shape index (κ1) is 18.9. The molecule has 150 valence electrons. The number of primary amides is 1. The van der Waals surface area contributed by atoms with E-state index in [1.54, 1.807) is 18.2 Å². The van der Waals surface area contributed by atoms with Crippen LogP contribution in [-0.2, 0) is 17.6 Å². The number of benzene rings is 2. The molecule has 1 unspecified atom stereocenters. The van der Waals surface area contributed by atoms with Crippen molar-refractivity contribution in [1.29, 1.82) is 0 Å². The van der Waals surface area contributed by atoms with Crippen LogP contribution < -0.4 is 15.4 Å². The van der Waals surface area contributed by atoms with Crippen LogP contribution in [0.3, 0.4) is 0 Å². The molecule has 2 N–H and O–H groups in total. The number of non-ortho nitro benzene ring substituents is 1. The topological polar surface area (TPSA) is 119 Å². The molecule has 1 atom stereocenters. The second-order valence-corrected chi connectivity index (χ2v) is 7.24. The average molecular weight is 396 g/mol. The van der Waals surface area contributed by atoms with Crippen molar-refractivity contribution in [2.24, 2.45) is 5.73 Å². The Morgan fingerprint density at radius 3 is 2.62 bits per heavy atom. The van der Waals surface area contributed by atoms with Gasteiger partial charge in [-0.15, -0.1) is 0 Å². The SMILES string of the molecule is CN1CCc2ccc(OC(=O)N3CCc4cc([N+](=O)[O-])ccc43)cc2C1C(N)=O. The minimum atomic E-state index is -0.572. The number of nitro benzene ring substituents is 1. The van der Waals surface area contributed by atoms with Crippen molar-refractivity contribution in [1.82, 2.24) is 4.90 Å². The van der Waals surface area contributed by atoms with Crippen LogP contribution in [0, 0.1) is 10.1 Å². The van der Waals surface area contributed by atoms with Crippen molar-refractivity contribution in [3.05, 3.63) is 63.2 Å². The van der Waals surface area contributed by atoms with Gasteiger partial charge < -0.3 is 10.5 Å². The third-order valence-electron chi connectivity index (χ3n) is 5.45.